The zero-order valence-electron chi connectivity index (χ0n) is 13.4. The van der Waals surface area contributed by atoms with E-state index < -0.39 is 0 Å². The van der Waals surface area contributed by atoms with Gasteiger partial charge in [0.2, 0.25) is 5.82 Å². The van der Waals surface area contributed by atoms with Crippen LogP contribution in [0.3, 0.4) is 0 Å². The van der Waals surface area contributed by atoms with Crippen LogP contribution in [-0.4, -0.2) is 30.3 Å². The lowest BCUT2D eigenvalue weighted by Gasteiger charge is -2.11. The summed E-state index contributed by atoms with van der Waals surface area (Å²) >= 11 is 3.41. The van der Waals surface area contributed by atoms with Crippen molar-refractivity contribution in [2.24, 2.45) is 0 Å². The van der Waals surface area contributed by atoms with Crippen LogP contribution in [-0.2, 0) is 5.41 Å². The second-order valence-corrected chi connectivity index (χ2v) is 7.24. The highest BCUT2D eigenvalue weighted by molar-refractivity contribution is 9.10. The van der Waals surface area contributed by atoms with Gasteiger partial charge in [-0.3, -0.25) is 0 Å². The first-order valence-electron chi connectivity index (χ1n) is 7.24. The summed E-state index contributed by atoms with van der Waals surface area (Å²) in [6, 6.07) is 7.46. The molecule has 2 heterocycles. The van der Waals surface area contributed by atoms with Crippen LogP contribution in [0.5, 0.6) is 0 Å². The molecule has 3 aromatic rings. The van der Waals surface area contributed by atoms with Gasteiger partial charge in [0.05, 0.1) is 0 Å². The van der Waals surface area contributed by atoms with E-state index in [0.717, 1.165) is 10.0 Å². The lowest BCUT2D eigenvalue weighted by Crippen LogP contribution is -2.15. The predicted octanol–water partition coefficient (Wildman–Crippen LogP) is 3.39. The fourth-order valence-corrected chi connectivity index (χ4v) is 2.18. The molecule has 3 rings (SSSR count). The number of hydrogen-bond donors (Lipinski definition) is 0. The van der Waals surface area contributed by atoms with Crippen LogP contribution in [0.25, 0.3) is 11.4 Å². The van der Waals surface area contributed by atoms with Crippen LogP contribution in [0.15, 0.2) is 33.3 Å². The number of benzene rings is 1. The number of nitrogens with zero attached hydrogens (tertiary/aromatic N) is 6. The molecule has 0 saturated heterocycles. The molecular formula is C15H17BrN6O. The molecule has 0 fully saturated rings. The van der Waals surface area contributed by atoms with Crippen molar-refractivity contribution in [3.63, 3.8) is 0 Å². The molecule has 1 aromatic carbocycles. The maximum atomic E-state index is 5.34. The molecule has 0 N–H and O–H groups in total. The smallest absolute Gasteiger partial charge is 0.253 e. The number of hydrogen-bond acceptors (Lipinski definition) is 6. The quantitative estimate of drug-likeness (QED) is 0.696. The third kappa shape index (κ3) is 3.31. The Kier molecular flexibility index (Phi) is 4.01. The lowest BCUT2D eigenvalue weighted by atomic mass is 9.96. The van der Waals surface area contributed by atoms with E-state index >= 15 is 0 Å². The molecule has 0 unspecified atom stereocenters. The van der Waals surface area contributed by atoms with Gasteiger partial charge in [0.15, 0.2) is 5.82 Å². The number of tetrazole rings is 1. The molecule has 0 saturated carbocycles. The van der Waals surface area contributed by atoms with Crippen molar-refractivity contribution in [2.45, 2.75) is 39.2 Å². The summed E-state index contributed by atoms with van der Waals surface area (Å²) in [5.41, 5.74) is 0.729. The van der Waals surface area contributed by atoms with Crippen LogP contribution < -0.4 is 0 Å². The fraction of sp³-hybridized carbons (Fsp3) is 0.400. The molecule has 0 amide bonds. The summed E-state index contributed by atoms with van der Waals surface area (Å²) in [5, 5.41) is 16.6. The van der Waals surface area contributed by atoms with Gasteiger partial charge in [0.25, 0.3) is 5.89 Å². The first-order chi connectivity index (χ1) is 10.8. The van der Waals surface area contributed by atoms with Crippen LogP contribution in [0.2, 0.25) is 0 Å². The molecule has 0 aliphatic carbocycles. The van der Waals surface area contributed by atoms with Gasteiger partial charge in [-0.2, -0.15) is 9.78 Å². The first-order valence-corrected chi connectivity index (χ1v) is 8.03. The Morgan fingerprint density at radius 2 is 1.87 bits per heavy atom. The van der Waals surface area contributed by atoms with Gasteiger partial charge in [-0.1, -0.05) is 41.9 Å². The minimum atomic E-state index is -0.282. The van der Waals surface area contributed by atoms with Crippen molar-refractivity contribution in [1.29, 1.82) is 0 Å². The molecule has 120 valence electrons. The molecule has 0 spiro atoms. The highest BCUT2D eigenvalue weighted by atomic mass is 79.9. The minimum absolute atomic E-state index is 0.167. The standard InChI is InChI=1S/C15H17BrN6O/c1-9(13-17-14(20-23-13)15(2,3)4)22-19-12(18-21-22)10-5-7-11(16)8-6-10/h5-9H,1-4H3/t9-/m1/s1. The van der Waals surface area contributed by atoms with Crippen molar-refractivity contribution in [3.05, 3.63) is 40.5 Å². The van der Waals surface area contributed by atoms with Crippen molar-refractivity contribution < 1.29 is 4.52 Å². The van der Waals surface area contributed by atoms with Gasteiger partial charge in [0.1, 0.15) is 6.04 Å². The number of aromatic nitrogens is 6. The van der Waals surface area contributed by atoms with Gasteiger partial charge in [-0.25, -0.2) is 0 Å². The van der Waals surface area contributed by atoms with Gasteiger partial charge < -0.3 is 4.52 Å². The van der Waals surface area contributed by atoms with Crippen molar-refractivity contribution in [3.8, 4) is 11.4 Å². The van der Waals surface area contributed by atoms with E-state index in [1.54, 1.807) is 0 Å². The van der Waals surface area contributed by atoms with Crippen LogP contribution in [0.1, 0.15) is 45.5 Å². The molecular weight excluding hydrogens is 360 g/mol. The summed E-state index contributed by atoms with van der Waals surface area (Å²) in [6.45, 7) is 8.00. The Bertz CT molecular complexity index is 802. The molecule has 0 radical (unpaired) electrons. The van der Waals surface area contributed by atoms with Crippen LogP contribution >= 0.6 is 15.9 Å². The number of halogens is 1. The zero-order chi connectivity index (χ0) is 16.6. The third-order valence-electron chi connectivity index (χ3n) is 3.35. The van der Waals surface area contributed by atoms with Crippen molar-refractivity contribution in [2.75, 3.05) is 0 Å². The van der Waals surface area contributed by atoms with Crippen molar-refractivity contribution >= 4 is 15.9 Å². The topological polar surface area (TPSA) is 82.5 Å². The van der Waals surface area contributed by atoms with E-state index in [1.165, 1.54) is 4.80 Å². The Morgan fingerprint density at radius 1 is 1.17 bits per heavy atom. The summed E-state index contributed by atoms with van der Waals surface area (Å²) in [4.78, 5) is 5.92. The highest BCUT2D eigenvalue weighted by Crippen LogP contribution is 2.23. The predicted molar refractivity (Wildman–Crippen MR) is 87.8 cm³/mol. The Morgan fingerprint density at radius 3 is 2.48 bits per heavy atom. The fourth-order valence-electron chi connectivity index (χ4n) is 1.91. The van der Waals surface area contributed by atoms with E-state index in [-0.39, 0.29) is 11.5 Å². The van der Waals surface area contributed by atoms with Crippen LogP contribution in [0, 0.1) is 0 Å². The third-order valence-corrected chi connectivity index (χ3v) is 3.88. The van der Waals surface area contributed by atoms with Crippen LogP contribution in [0.4, 0.5) is 0 Å². The Balaban J connectivity index is 1.85. The summed E-state index contributed by atoms with van der Waals surface area (Å²) in [6.07, 6.45) is 0. The van der Waals surface area contributed by atoms with E-state index in [4.69, 9.17) is 4.52 Å². The monoisotopic (exact) mass is 376 g/mol. The SMILES string of the molecule is C[C@H](c1nc(C(C)(C)C)no1)n1nnc(-c2ccc(Br)cc2)n1. The van der Waals surface area contributed by atoms with E-state index in [1.807, 2.05) is 52.0 Å². The second-order valence-electron chi connectivity index (χ2n) is 6.32. The molecule has 0 aliphatic heterocycles. The average Bonchev–Trinajstić information content (AvgIpc) is 3.16. The summed E-state index contributed by atoms with van der Waals surface area (Å²) in [5.74, 6) is 1.68. The molecule has 23 heavy (non-hydrogen) atoms. The molecule has 2 aromatic heterocycles. The zero-order valence-corrected chi connectivity index (χ0v) is 14.9. The highest BCUT2D eigenvalue weighted by Gasteiger charge is 2.25. The van der Waals surface area contributed by atoms with Gasteiger partial charge in [0, 0.05) is 15.5 Å². The van der Waals surface area contributed by atoms with Gasteiger partial charge in [-0.15, -0.1) is 10.2 Å². The first kappa shape index (κ1) is 15.8. The molecule has 7 nitrogen and oxygen atoms in total. The maximum Gasteiger partial charge on any atom is 0.253 e. The molecule has 8 heteroatoms. The van der Waals surface area contributed by atoms with E-state index in [9.17, 15) is 0 Å². The second kappa shape index (κ2) is 5.84. The normalized spacial score (nSPS) is 13.3. The average molecular weight is 377 g/mol. The van der Waals surface area contributed by atoms with E-state index in [0.29, 0.717) is 17.5 Å². The van der Waals surface area contributed by atoms with Crippen molar-refractivity contribution in [1.82, 2.24) is 30.3 Å². The minimum Gasteiger partial charge on any atom is -0.337 e. The van der Waals surface area contributed by atoms with Gasteiger partial charge >= 0.3 is 0 Å². The summed E-state index contributed by atoms with van der Waals surface area (Å²) < 4.78 is 6.34. The largest absolute Gasteiger partial charge is 0.337 e. The molecule has 1 atom stereocenters. The summed E-state index contributed by atoms with van der Waals surface area (Å²) in [7, 11) is 0. The molecule has 0 bridgehead atoms. The van der Waals surface area contributed by atoms with Gasteiger partial charge in [-0.05, 0) is 36.4 Å². The maximum absolute atomic E-state index is 5.34. The lowest BCUT2D eigenvalue weighted by molar-refractivity contribution is 0.315. The number of rotatable bonds is 3. The van der Waals surface area contributed by atoms with E-state index in [2.05, 4.69) is 41.5 Å². The Hall–Kier alpha value is -2.09. The molecule has 0 aliphatic rings. The Labute approximate surface area is 142 Å².